The second kappa shape index (κ2) is 7.68. The first-order chi connectivity index (χ1) is 12.6. The Morgan fingerprint density at radius 1 is 1.12 bits per heavy atom. The van der Waals surface area contributed by atoms with E-state index < -0.39 is 0 Å². The van der Waals surface area contributed by atoms with Crippen LogP contribution in [0.5, 0.6) is 0 Å². The molecule has 3 aromatic rings. The summed E-state index contributed by atoms with van der Waals surface area (Å²) in [5.74, 6) is 0.225. The molecule has 0 saturated heterocycles. The van der Waals surface area contributed by atoms with Gasteiger partial charge in [0.1, 0.15) is 11.9 Å². The number of nitrogens with zero attached hydrogens (tertiary/aromatic N) is 2. The number of nitrogens with one attached hydrogen (secondary N) is 2. The van der Waals surface area contributed by atoms with E-state index >= 15 is 0 Å². The molecule has 6 heteroatoms. The topological polar surface area (TPSA) is 77.8 Å². The number of hydrogen-bond acceptors (Lipinski definition) is 4. The minimum atomic E-state index is -0.255. The Balaban J connectivity index is 1.80. The zero-order valence-electron chi connectivity index (χ0n) is 14.0. The van der Waals surface area contributed by atoms with Gasteiger partial charge in [-0.25, -0.2) is 4.98 Å². The Kier molecular flexibility index (Phi) is 5.16. The van der Waals surface area contributed by atoms with Crippen molar-refractivity contribution in [1.29, 1.82) is 5.26 Å². The lowest BCUT2D eigenvalue weighted by molar-refractivity contribution is 0.102. The van der Waals surface area contributed by atoms with Crippen molar-refractivity contribution in [3.05, 3.63) is 82.5 Å². The van der Waals surface area contributed by atoms with E-state index in [-0.39, 0.29) is 5.91 Å². The van der Waals surface area contributed by atoms with E-state index in [4.69, 9.17) is 16.9 Å². The molecule has 1 amide bonds. The minimum Gasteiger partial charge on any atom is -0.339 e. The fourth-order valence-electron chi connectivity index (χ4n) is 2.43. The molecule has 0 aliphatic carbocycles. The number of amides is 1. The zero-order chi connectivity index (χ0) is 18.5. The van der Waals surface area contributed by atoms with E-state index in [0.717, 1.165) is 5.56 Å². The molecule has 26 heavy (non-hydrogen) atoms. The van der Waals surface area contributed by atoms with E-state index in [1.165, 1.54) is 0 Å². The lowest BCUT2D eigenvalue weighted by atomic mass is 10.1. The van der Waals surface area contributed by atoms with Gasteiger partial charge in [-0.1, -0.05) is 23.7 Å². The maximum atomic E-state index is 12.5. The SMILES string of the molecule is Cc1cc(Cl)ccc1NC(=O)c1ccnc(Nc2ccccc2C#N)c1. The zero-order valence-corrected chi connectivity index (χ0v) is 14.7. The number of aryl methyl sites for hydroxylation is 1. The molecule has 2 N–H and O–H groups in total. The molecule has 0 spiro atoms. The van der Waals surface area contributed by atoms with Crippen molar-refractivity contribution in [3.8, 4) is 6.07 Å². The molecule has 0 bridgehead atoms. The van der Waals surface area contributed by atoms with E-state index in [0.29, 0.717) is 33.3 Å². The summed E-state index contributed by atoms with van der Waals surface area (Å²) in [6, 6.07) is 17.8. The first-order valence-corrected chi connectivity index (χ1v) is 8.24. The van der Waals surface area contributed by atoms with E-state index in [9.17, 15) is 4.79 Å². The van der Waals surface area contributed by atoms with Crippen LogP contribution in [0.15, 0.2) is 60.8 Å². The number of carbonyl (C=O) groups is 1. The molecule has 3 rings (SSSR count). The summed E-state index contributed by atoms with van der Waals surface area (Å²) in [4.78, 5) is 16.7. The number of rotatable bonds is 4. The van der Waals surface area contributed by atoms with Crippen LogP contribution in [0.1, 0.15) is 21.5 Å². The third-order valence-corrected chi connectivity index (χ3v) is 4.00. The summed E-state index contributed by atoms with van der Waals surface area (Å²) in [5, 5.41) is 15.7. The molecule has 0 aliphatic heterocycles. The molecular formula is C20H15ClN4O. The van der Waals surface area contributed by atoms with Crippen molar-refractivity contribution in [2.75, 3.05) is 10.6 Å². The van der Waals surface area contributed by atoms with Gasteiger partial charge in [0.15, 0.2) is 0 Å². The molecule has 0 radical (unpaired) electrons. The Hall–Kier alpha value is -3.36. The number of benzene rings is 2. The van der Waals surface area contributed by atoms with Crippen LogP contribution in [-0.2, 0) is 0 Å². The number of para-hydroxylation sites is 1. The summed E-state index contributed by atoms with van der Waals surface area (Å²) in [7, 11) is 0. The Bertz CT molecular complexity index is 1010. The number of nitriles is 1. The maximum Gasteiger partial charge on any atom is 0.255 e. The van der Waals surface area contributed by atoms with Gasteiger partial charge in [0.05, 0.1) is 11.3 Å². The van der Waals surface area contributed by atoms with Crippen LogP contribution in [-0.4, -0.2) is 10.9 Å². The highest BCUT2D eigenvalue weighted by Crippen LogP contribution is 2.22. The summed E-state index contributed by atoms with van der Waals surface area (Å²) >= 11 is 5.94. The maximum absolute atomic E-state index is 12.5. The van der Waals surface area contributed by atoms with Crippen LogP contribution >= 0.6 is 11.6 Å². The van der Waals surface area contributed by atoms with Crippen LogP contribution in [0, 0.1) is 18.3 Å². The van der Waals surface area contributed by atoms with E-state index in [2.05, 4.69) is 21.7 Å². The highest BCUT2D eigenvalue weighted by molar-refractivity contribution is 6.30. The molecule has 5 nitrogen and oxygen atoms in total. The Morgan fingerprint density at radius 2 is 1.92 bits per heavy atom. The van der Waals surface area contributed by atoms with Gasteiger partial charge in [-0.05, 0) is 55.0 Å². The summed E-state index contributed by atoms with van der Waals surface area (Å²) < 4.78 is 0. The van der Waals surface area contributed by atoms with Crippen LogP contribution in [0.4, 0.5) is 17.2 Å². The van der Waals surface area contributed by atoms with Gasteiger partial charge < -0.3 is 10.6 Å². The van der Waals surface area contributed by atoms with Crippen molar-refractivity contribution in [1.82, 2.24) is 4.98 Å². The quantitative estimate of drug-likeness (QED) is 0.691. The number of halogens is 1. The Labute approximate surface area is 156 Å². The van der Waals surface area contributed by atoms with Crippen molar-refractivity contribution in [2.24, 2.45) is 0 Å². The second-order valence-electron chi connectivity index (χ2n) is 5.63. The molecule has 128 valence electrons. The van der Waals surface area contributed by atoms with Crippen LogP contribution in [0.3, 0.4) is 0 Å². The van der Waals surface area contributed by atoms with Gasteiger partial charge in [0, 0.05) is 22.5 Å². The average molecular weight is 363 g/mol. The third-order valence-electron chi connectivity index (χ3n) is 3.77. The van der Waals surface area contributed by atoms with Crippen LogP contribution < -0.4 is 10.6 Å². The van der Waals surface area contributed by atoms with Gasteiger partial charge in [-0.3, -0.25) is 4.79 Å². The lowest BCUT2D eigenvalue weighted by Crippen LogP contribution is -2.13. The van der Waals surface area contributed by atoms with Crippen LogP contribution in [0.2, 0.25) is 5.02 Å². The molecule has 0 saturated carbocycles. The molecule has 0 atom stereocenters. The third kappa shape index (κ3) is 4.00. The number of anilines is 3. The van der Waals surface area contributed by atoms with Gasteiger partial charge in [-0.15, -0.1) is 0 Å². The predicted molar refractivity (Wildman–Crippen MR) is 103 cm³/mol. The van der Waals surface area contributed by atoms with Crippen molar-refractivity contribution in [3.63, 3.8) is 0 Å². The smallest absolute Gasteiger partial charge is 0.255 e. The largest absolute Gasteiger partial charge is 0.339 e. The van der Waals surface area contributed by atoms with E-state index in [1.54, 1.807) is 54.7 Å². The molecule has 0 fully saturated rings. The summed E-state index contributed by atoms with van der Waals surface area (Å²) in [6.07, 6.45) is 1.54. The first-order valence-electron chi connectivity index (χ1n) is 7.86. The first kappa shape index (κ1) is 17.5. The second-order valence-corrected chi connectivity index (χ2v) is 6.06. The molecule has 1 aromatic heterocycles. The fraction of sp³-hybridized carbons (Fsp3) is 0.0500. The number of aromatic nitrogens is 1. The van der Waals surface area contributed by atoms with Crippen molar-refractivity contribution in [2.45, 2.75) is 6.92 Å². The molecule has 2 aromatic carbocycles. The summed E-state index contributed by atoms with van der Waals surface area (Å²) in [6.45, 7) is 1.87. The number of carbonyl (C=O) groups excluding carboxylic acids is 1. The molecule has 1 heterocycles. The van der Waals surface area contributed by atoms with Gasteiger partial charge in [0.25, 0.3) is 5.91 Å². The Morgan fingerprint density at radius 3 is 2.69 bits per heavy atom. The standard InChI is InChI=1S/C20H15ClN4O/c1-13-10-16(21)6-7-17(13)25-20(26)14-8-9-23-19(11-14)24-18-5-3-2-4-15(18)12-22/h2-11H,1H3,(H,23,24)(H,25,26). The van der Waals surface area contributed by atoms with Crippen LogP contribution in [0.25, 0.3) is 0 Å². The fourth-order valence-corrected chi connectivity index (χ4v) is 2.66. The number of pyridine rings is 1. The van der Waals surface area contributed by atoms with Crippen molar-refractivity contribution < 1.29 is 4.79 Å². The van der Waals surface area contributed by atoms with Gasteiger partial charge in [-0.2, -0.15) is 5.26 Å². The summed E-state index contributed by atoms with van der Waals surface area (Å²) in [5.41, 5.74) is 3.16. The highest BCUT2D eigenvalue weighted by Gasteiger charge is 2.10. The monoisotopic (exact) mass is 362 g/mol. The van der Waals surface area contributed by atoms with Gasteiger partial charge >= 0.3 is 0 Å². The molecule has 0 unspecified atom stereocenters. The molecular weight excluding hydrogens is 348 g/mol. The predicted octanol–water partition coefficient (Wildman–Crippen LogP) is 4.91. The normalized spacial score (nSPS) is 10.0. The lowest BCUT2D eigenvalue weighted by Gasteiger charge is -2.11. The van der Waals surface area contributed by atoms with Gasteiger partial charge in [0.2, 0.25) is 0 Å². The minimum absolute atomic E-state index is 0.255. The van der Waals surface area contributed by atoms with Crippen molar-refractivity contribution >= 4 is 34.7 Å². The van der Waals surface area contributed by atoms with E-state index in [1.807, 2.05) is 13.0 Å². The number of hydrogen-bond donors (Lipinski definition) is 2. The molecule has 0 aliphatic rings. The average Bonchev–Trinajstić information content (AvgIpc) is 2.64. The highest BCUT2D eigenvalue weighted by atomic mass is 35.5.